The summed E-state index contributed by atoms with van der Waals surface area (Å²) in [6.45, 7) is 6.21. The molecule has 22 heavy (non-hydrogen) atoms. The normalized spacial score (nSPS) is 11.8. The second-order valence-electron chi connectivity index (χ2n) is 6.39. The summed E-state index contributed by atoms with van der Waals surface area (Å²) < 4.78 is 14.0. The summed E-state index contributed by atoms with van der Waals surface area (Å²) in [6.07, 6.45) is 0. The lowest BCUT2D eigenvalue weighted by Gasteiger charge is -2.19. The highest BCUT2D eigenvalue weighted by Crippen LogP contribution is 2.31. The van der Waals surface area contributed by atoms with E-state index in [4.69, 9.17) is 5.73 Å². The average molecular weight is 295 g/mol. The summed E-state index contributed by atoms with van der Waals surface area (Å²) in [5.41, 5.74) is 8.17. The van der Waals surface area contributed by atoms with Gasteiger partial charge in [-0.2, -0.15) is 0 Å². The van der Waals surface area contributed by atoms with E-state index in [-0.39, 0.29) is 17.2 Å². The van der Waals surface area contributed by atoms with Crippen molar-refractivity contribution in [3.05, 3.63) is 54.0 Å². The molecule has 0 amide bonds. The predicted molar refractivity (Wildman–Crippen MR) is 88.0 cm³/mol. The maximum Gasteiger partial charge on any atom is 0.220 e. The fraction of sp³-hybridized carbons (Fsp3) is 0.222. The van der Waals surface area contributed by atoms with Crippen LogP contribution in [0.4, 0.5) is 10.3 Å². The van der Waals surface area contributed by atoms with Crippen molar-refractivity contribution < 1.29 is 4.39 Å². The molecule has 0 unspecified atom stereocenters. The number of hydrogen-bond donors (Lipinski definition) is 1. The third-order valence-electron chi connectivity index (χ3n) is 3.66. The molecule has 0 aliphatic carbocycles. The topological polar surface area (TPSA) is 51.8 Å². The van der Waals surface area contributed by atoms with Gasteiger partial charge in [-0.1, -0.05) is 45.0 Å². The van der Waals surface area contributed by atoms with Gasteiger partial charge in [-0.25, -0.2) is 14.4 Å². The first-order valence-electron chi connectivity index (χ1n) is 7.19. The largest absolute Gasteiger partial charge is 0.368 e. The molecule has 0 atom stereocenters. The molecule has 4 heteroatoms. The standard InChI is InChI=1S/C18H18FN3/c1-18(2,3)16-10-15(21-17(20)22-16)13-8-9-14(19)12-7-5-4-6-11(12)13/h4-10H,1-3H3,(H2,20,21,22). The number of anilines is 1. The summed E-state index contributed by atoms with van der Waals surface area (Å²) in [5.74, 6) is -0.00625. The quantitative estimate of drug-likeness (QED) is 0.727. The van der Waals surface area contributed by atoms with Crippen LogP contribution in [0.15, 0.2) is 42.5 Å². The van der Waals surface area contributed by atoms with Gasteiger partial charge in [0.1, 0.15) is 5.82 Å². The van der Waals surface area contributed by atoms with Gasteiger partial charge in [-0.05, 0) is 23.6 Å². The monoisotopic (exact) mass is 295 g/mol. The first kappa shape index (κ1) is 14.4. The van der Waals surface area contributed by atoms with Crippen molar-refractivity contribution in [3.8, 4) is 11.3 Å². The number of nitrogens with two attached hydrogens (primary N) is 1. The Morgan fingerprint density at radius 3 is 2.32 bits per heavy atom. The molecule has 2 N–H and O–H groups in total. The van der Waals surface area contributed by atoms with Crippen molar-refractivity contribution in [3.63, 3.8) is 0 Å². The zero-order valence-electron chi connectivity index (χ0n) is 12.9. The van der Waals surface area contributed by atoms with Gasteiger partial charge < -0.3 is 5.73 Å². The van der Waals surface area contributed by atoms with Crippen molar-refractivity contribution in [2.24, 2.45) is 0 Å². The minimum absolute atomic E-state index is 0.137. The number of fused-ring (bicyclic) bond motifs is 1. The number of rotatable bonds is 1. The molecule has 0 bridgehead atoms. The first-order valence-corrected chi connectivity index (χ1v) is 7.19. The van der Waals surface area contributed by atoms with Gasteiger partial charge in [-0.15, -0.1) is 0 Å². The van der Waals surface area contributed by atoms with Crippen LogP contribution in [0.5, 0.6) is 0 Å². The Morgan fingerprint density at radius 2 is 1.64 bits per heavy atom. The smallest absolute Gasteiger partial charge is 0.220 e. The van der Waals surface area contributed by atoms with Crippen LogP contribution in [-0.4, -0.2) is 9.97 Å². The Labute approximate surface area is 129 Å². The number of halogens is 1. The SMILES string of the molecule is CC(C)(C)c1cc(-c2ccc(F)c3ccccc23)nc(N)n1. The number of benzene rings is 2. The molecular weight excluding hydrogens is 277 g/mol. The Hall–Kier alpha value is -2.49. The summed E-state index contributed by atoms with van der Waals surface area (Å²) in [7, 11) is 0. The van der Waals surface area contributed by atoms with Crippen molar-refractivity contribution in [2.45, 2.75) is 26.2 Å². The van der Waals surface area contributed by atoms with Gasteiger partial charge >= 0.3 is 0 Å². The molecule has 0 aliphatic heterocycles. The van der Waals surface area contributed by atoms with Gasteiger partial charge in [-0.3, -0.25) is 0 Å². The third-order valence-corrected chi connectivity index (χ3v) is 3.66. The van der Waals surface area contributed by atoms with Gasteiger partial charge in [0.25, 0.3) is 0 Å². The zero-order valence-corrected chi connectivity index (χ0v) is 12.9. The van der Waals surface area contributed by atoms with Crippen molar-refractivity contribution in [1.82, 2.24) is 9.97 Å². The van der Waals surface area contributed by atoms with Crippen LogP contribution in [0.2, 0.25) is 0 Å². The molecule has 0 aliphatic rings. The van der Waals surface area contributed by atoms with E-state index in [9.17, 15) is 4.39 Å². The van der Waals surface area contributed by atoms with Crippen LogP contribution in [0.1, 0.15) is 26.5 Å². The zero-order chi connectivity index (χ0) is 15.9. The van der Waals surface area contributed by atoms with Crippen LogP contribution >= 0.6 is 0 Å². The molecule has 0 radical (unpaired) electrons. The summed E-state index contributed by atoms with van der Waals surface area (Å²) >= 11 is 0. The van der Waals surface area contributed by atoms with Gasteiger partial charge in [0.05, 0.1) is 11.4 Å². The molecule has 2 aromatic carbocycles. The van der Waals surface area contributed by atoms with E-state index >= 15 is 0 Å². The van der Waals surface area contributed by atoms with E-state index in [0.29, 0.717) is 11.1 Å². The molecule has 112 valence electrons. The Morgan fingerprint density at radius 1 is 0.955 bits per heavy atom. The number of hydrogen-bond acceptors (Lipinski definition) is 3. The highest BCUT2D eigenvalue weighted by molar-refractivity contribution is 5.96. The second-order valence-corrected chi connectivity index (χ2v) is 6.39. The Balaban J connectivity index is 2.29. The lowest BCUT2D eigenvalue weighted by molar-refractivity contribution is 0.568. The molecule has 0 fully saturated rings. The molecule has 0 saturated heterocycles. The second kappa shape index (κ2) is 5.05. The van der Waals surface area contributed by atoms with E-state index in [0.717, 1.165) is 16.6 Å². The molecule has 3 nitrogen and oxygen atoms in total. The first-order chi connectivity index (χ1) is 10.4. The molecule has 1 aromatic heterocycles. The summed E-state index contributed by atoms with van der Waals surface area (Å²) in [5, 5.41) is 1.40. The van der Waals surface area contributed by atoms with E-state index < -0.39 is 0 Å². The van der Waals surface area contributed by atoms with E-state index in [1.807, 2.05) is 24.3 Å². The number of aromatic nitrogens is 2. The van der Waals surface area contributed by atoms with Crippen molar-refractivity contribution >= 4 is 16.7 Å². The van der Waals surface area contributed by atoms with Crippen molar-refractivity contribution in [1.29, 1.82) is 0 Å². The van der Waals surface area contributed by atoms with Gasteiger partial charge in [0, 0.05) is 16.4 Å². The molecule has 3 rings (SSSR count). The summed E-state index contributed by atoms with van der Waals surface area (Å²) in [6, 6.07) is 12.5. The molecule has 3 aromatic rings. The third kappa shape index (κ3) is 2.52. The number of nitrogen functional groups attached to an aromatic ring is 1. The minimum Gasteiger partial charge on any atom is -0.368 e. The maximum atomic E-state index is 14.0. The molecule has 1 heterocycles. The Bertz CT molecular complexity index is 851. The predicted octanol–water partition coefficient (Wildman–Crippen LogP) is 4.32. The van der Waals surface area contributed by atoms with Crippen LogP contribution in [0.3, 0.4) is 0 Å². The van der Waals surface area contributed by atoms with Crippen LogP contribution in [0, 0.1) is 5.82 Å². The fourth-order valence-corrected chi connectivity index (χ4v) is 2.47. The Kier molecular flexibility index (Phi) is 3.32. The van der Waals surface area contributed by atoms with Crippen LogP contribution in [-0.2, 0) is 5.41 Å². The average Bonchev–Trinajstić information content (AvgIpc) is 2.46. The fourth-order valence-electron chi connectivity index (χ4n) is 2.47. The van der Waals surface area contributed by atoms with Crippen LogP contribution in [0.25, 0.3) is 22.0 Å². The van der Waals surface area contributed by atoms with E-state index in [1.165, 1.54) is 6.07 Å². The van der Waals surface area contributed by atoms with E-state index in [1.54, 1.807) is 12.1 Å². The van der Waals surface area contributed by atoms with Crippen LogP contribution < -0.4 is 5.73 Å². The maximum absolute atomic E-state index is 14.0. The molecule has 0 saturated carbocycles. The lowest BCUT2D eigenvalue weighted by Crippen LogP contribution is -2.15. The van der Waals surface area contributed by atoms with Gasteiger partial charge in [0.2, 0.25) is 5.95 Å². The highest BCUT2D eigenvalue weighted by Gasteiger charge is 2.18. The number of nitrogens with zero attached hydrogens (tertiary/aromatic N) is 2. The molecular formula is C18H18FN3. The summed E-state index contributed by atoms with van der Waals surface area (Å²) in [4.78, 5) is 8.66. The highest BCUT2D eigenvalue weighted by atomic mass is 19.1. The molecule has 0 spiro atoms. The van der Waals surface area contributed by atoms with E-state index in [2.05, 4.69) is 30.7 Å². The van der Waals surface area contributed by atoms with Crippen molar-refractivity contribution in [2.75, 3.05) is 5.73 Å². The lowest BCUT2D eigenvalue weighted by atomic mass is 9.90. The minimum atomic E-state index is -0.238. The van der Waals surface area contributed by atoms with Gasteiger partial charge in [0.15, 0.2) is 0 Å².